The highest BCUT2D eigenvalue weighted by molar-refractivity contribution is 5.73. The van der Waals surface area contributed by atoms with E-state index in [0.29, 0.717) is 6.61 Å². The third kappa shape index (κ3) is 1.77. The summed E-state index contributed by atoms with van der Waals surface area (Å²) in [6.07, 6.45) is 0.657. The number of hydrogen-bond acceptors (Lipinski definition) is 2. The van der Waals surface area contributed by atoms with Crippen LogP contribution in [0.5, 0.6) is 0 Å². The molecule has 1 amide bonds. The minimum absolute atomic E-state index is 0.0632. The van der Waals surface area contributed by atoms with Crippen molar-refractivity contribution in [3.8, 4) is 0 Å². The van der Waals surface area contributed by atoms with Crippen LogP contribution in [0.15, 0.2) is 24.3 Å². The third-order valence-electron chi connectivity index (χ3n) is 2.33. The number of carbonyl (C=O) groups excluding carboxylic acids is 1. The first-order chi connectivity index (χ1) is 6.77. The van der Waals surface area contributed by atoms with Gasteiger partial charge in [-0.05, 0) is 12.0 Å². The van der Waals surface area contributed by atoms with Gasteiger partial charge in [0.05, 0.1) is 6.61 Å². The number of rotatable bonds is 1. The van der Waals surface area contributed by atoms with E-state index in [1.165, 1.54) is 12.5 Å². The molecule has 1 aliphatic rings. The third-order valence-corrected chi connectivity index (χ3v) is 2.33. The average Bonchev–Trinajstić information content (AvgIpc) is 2.18. The predicted molar refractivity (Wildman–Crippen MR) is 52.7 cm³/mol. The maximum Gasteiger partial charge on any atom is 0.219 e. The molecule has 0 spiro atoms. The molecule has 14 heavy (non-hydrogen) atoms. The highest BCUT2D eigenvalue weighted by Crippen LogP contribution is 2.24. The van der Waals surface area contributed by atoms with Crippen LogP contribution in [0.25, 0.3) is 0 Å². The molecule has 0 saturated heterocycles. The van der Waals surface area contributed by atoms with E-state index < -0.39 is 0 Å². The molecule has 1 aromatic rings. The van der Waals surface area contributed by atoms with Crippen LogP contribution in [-0.4, -0.2) is 12.5 Å². The summed E-state index contributed by atoms with van der Waals surface area (Å²) in [7, 11) is 0. The molecule has 0 saturated carbocycles. The van der Waals surface area contributed by atoms with Gasteiger partial charge >= 0.3 is 0 Å². The van der Waals surface area contributed by atoms with E-state index in [0.717, 1.165) is 12.0 Å². The van der Waals surface area contributed by atoms with Crippen LogP contribution in [0.4, 0.5) is 0 Å². The number of carbonyl (C=O) groups is 1. The topological polar surface area (TPSA) is 38.3 Å². The van der Waals surface area contributed by atoms with E-state index in [9.17, 15) is 4.79 Å². The van der Waals surface area contributed by atoms with Crippen molar-refractivity contribution < 1.29 is 9.53 Å². The summed E-state index contributed by atoms with van der Waals surface area (Å²) < 4.78 is 5.48. The largest absolute Gasteiger partial charge is 0.354 e. The Morgan fingerprint density at radius 2 is 2.29 bits per heavy atom. The Hall–Kier alpha value is -1.35. The molecule has 2 rings (SSSR count). The van der Waals surface area contributed by atoms with Crippen molar-refractivity contribution in [2.24, 2.45) is 0 Å². The van der Waals surface area contributed by atoms with Crippen LogP contribution in [0.1, 0.15) is 24.3 Å². The summed E-state index contributed by atoms with van der Waals surface area (Å²) in [5.41, 5.74) is 2.34. The fraction of sp³-hybridized carbons (Fsp3) is 0.364. The summed E-state index contributed by atoms with van der Waals surface area (Å²) in [6.45, 7) is 2.17. The molecule has 1 unspecified atom stereocenters. The van der Waals surface area contributed by atoms with Crippen LogP contribution in [0, 0.1) is 0 Å². The second-order valence-electron chi connectivity index (χ2n) is 3.40. The number of hydrogen-bond donors (Lipinski definition) is 1. The molecule has 1 N–H and O–H groups in total. The van der Waals surface area contributed by atoms with E-state index in [1.54, 1.807) is 0 Å². The van der Waals surface area contributed by atoms with E-state index >= 15 is 0 Å². The second kappa shape index (κ2) is 3.80. The zero-order valence-corrected chi connectivity index (χ0v) is 8.12. The smallest absolute Gasteiger partial charge is 0.219 e. The van der Waals surface area contributed by atoms with Crippen molar-refractivity contribution in [3.63, 3.8) is 0 Å². The lowest BCUT2D eigenvalue weighted by Gasteiger charge is -2.26. The summed E-state index contributed by atoms with van der Waals surface area (Å²) in [6, 6.07) is 8.04. The standard InChI is InChI=1S/C11H13NO2/c1-8(13)12-11-10-5-3-2-4-9(10)6-7-14-11/h2-5,11H,6-7H2,1H3,(H,12,13). The van der Waals surface area contributed by atoms with Crippen molar-refractivity contribution in [2.75, 3.05) is 6.61 Å². The fourth-order valence-electron chi connectivity index (χ4n) is 1.70. The highest BCUT2D eigenvalue weighted by atomic mass is 16.5. The maximum atomic E-state index is 10.9. The number of benzene rings is 1. The minimum atomic E-state index is -0.266. The van der Waals surface area contributed by atoms with Gasteiger partial charge in [0.1, 0.15) is 0 Å². The van der Waals surface area contributed by atoms with Gasteiger partial charge in [0.25, 0.3) is 0 Å². The lowest BCUT2D eigenvalue weighted by Crippen LogP contribution is -2.32. The highest BCUT2D eigenvalue weighted by Gasteiger charge is 2.20. The SMILES string of the molecule is CC(=O)NC1OCCc2ccccc21. The second-order valence-corrected chi connectivity index (χ2v) is 3.40. The molecule has 1 atom stereocenters. The van der Waals surface area contributed by atoms with Gasteiger partial charge in [0, 0.05) is 12.5 Å². The van der Waals surface area contributed by atoms with Crippen molar-refractivity contribution in [1.82, 2.24) is 5.32 Å². The van der Waals surface area contributed by atoms with E-state index in [-0.39, 0.29) is 12.1 Å². The number of nitrogens with one attached hydrogen (secondary N) is 1. The van der Waals surface area contributed by atoms with Crippen molar-refractivity contribution >= 4 is 5.91 Å². The van der Waals surface area contributed by atoms with Gasteiger partial charge in [0.15, 0.2) is 6.23 Å². The molecule has 3 heteroatoms. The first-order valence-electron chi connectivity index (χ1n) is 4.74. The maximum absolute atomic E-state index is 10.9. The van der Waals surface area contributed by atoms with Gasteiger partial charge in [-0.15, -0.1) is 0 Å². The van der Waals surface area contributed by atoms with E-state index in [1.807, 2.05) is 18.2 Å². The Morgan fingerprint density at radius 3 is 3.07 bits per heavy atom. The molecule has 0 bridgehead atoms. The molecule has 1 aromatic carbocycles. The average molecular weight is 191 g/mol. The van der Waals surface area contributed by atoms with Gasteiger partial charge in [-0.1, -0.05) is 24.3 Å². The molecular formula is C11H13NO2. The molecule has 0 aromatic heterocycles. The molecular weight excluding hydrogens is 178 g/mol. The number of fused-ring (bicyclic) bond motifs is 1. The van der Waals surface area contributed by atoms with Crippen molar-refractivity contribution in [3.05, 3.63) is 35.4 Å². The predicted octanol–water partition coefficient (Wildman–Crippen LogP) is 1.39. The first-order valence-corrected chi connectivity index (χ1v) is 4.74. The fourth-order valence-corrected chi connectivity index (χ4v) is 1.70. The summed E-state index contributed by atoms with van der Waals surface area (Å²) >= 11 is 0. The first kappa shape index (κ1) is 9.21. The molecule has 0 fully saturated rings. The van der Waals surface area contributed by atoms with Crippen molar-refractivity contribution in [2.45, 2.75) is 19.6 Å². The minimum Gasteiger partial charge on any atom is -0.354 e. The molecule has 1 aliphatic heterocycles. The van der Waals surface area contributed by atoms with Gasteiger partial charge in [-0.25, -0.2) is 0 Å². The summed E-state index contributed by atoms with van der Waals surface area (Å²) in [5, 5.41) is 2.78. The number of amides is 1. The van der Waals surface area contributed by atoms with Crippen LogP contribution < -0.4 is 5.32 Å². The zero-order chi connectivity index (χ0) is 9.97. The van der Waals surface area contributed by atoms with Gasteiger partial charge in [0.2, 0.25) is 5.91 Å². The van der Waals surface area contributed by atoms with Crippen LogP contribution >= 0.6 is 0 Å². The van der Waals surface area contributed by atoms with Crippen LogP contribution in [0.3, 0.4) is 0 Å². The van der Waals surface area contributed by atoms with E-state index in [4.69, 9.17) is 4.74 Å². The van der Waals surface area contributed by atoms with E-state index in [2.05, 4.69) is 11.4 Å². The van der Waals surface area contributed by atoms with Crippen molar-refractivity contribution in [1.29, 1.82) is 0 Å². The van der Waals surface area contributed by atoms with Gasteiger partial charge in [-0.3, -0.25) is 4.79 Å². The molecule has 0 aliphatic carbocycles. The lowest BCUT2D eigenvalue weighted by atomic mass is 10.0. The van der Waals surface area contributed by atoms with Gasteiger partial charge in [-0.2, -0.15) is 0 Å². The number of ether oxygens (including phenoxy) is 1. The zero-order valence-electron chi connectivity index (χ0n) is 8.12. The summed E-state index contributed by atoms with van der Waals surface area (Å²) in [4.78, 5) is 10.9. The molecule has 1 heterocycles. The molecule has 0 radical (unpaired) electrons. The monoisotopic (exact) mass is 191 g/mol. The Morgan fingerprint density at radius 1 is 1.50 bits per heavy atom. The Labute approximate surface area is 83.1 Å². The Balaban J connectivity index is 2.26. The normalized spacial score (nSPS) is 19.9. The van der Waals surface area contributed by atoms with Crippen LogP contribution in [0.2, 0.25) is 0 Å². The Bertz CT molecular complexity index is 349. The van der Waals surface area contributed by atoms with Gasteiger partial charge < -0.3 is 10.1 Å². The quantitative estimate of drug-likeness (QED) is 0.728. The summed E-state index contributed by atoms with van der Waals surface area (Å²) in [5.74, 6) is -0.0632. The van der Waals surface area contributed by atoms with Crippen LogP contribution in [-0.2, 0) is 16.0 Å². The molecule has 74 valence electrons. The Kier molecular flexibility index (Phi) is 2.50. The molecule has 3 nitrogen and oxygen atoms in total. The lowest BCUT2D eigenvalue weighted by molar-refractivity contribution is -0.124.